The zero-order valence-electron chi connectivity index (χ0n) is 17.3. The lowest BCUT2D eigenvalue weighted by Crippen LogP contribution is -2.21. The molecule has 0 saturated heterocycles. The van der Waals surface area contributed by atoms with Crippen molar-refractivity contribution < 1.29 is 40.6 Å². The summed E-state index contributed by atoms with van der Waals surface area (Å²) in [4.78, 5) is 19.2. The van der Waals surface area contributed by atoms with Gasteiger partial charge in [-0.25, -0.2) is 14.3 Å². The van der Waals surface area contributed by atoms with Crippen LogP contribution in [-0.4, -0.2) is 58.6 Å². The Morgan fingerprint density at radius 2 is 1.79 bits per heavy atom. The standard InChI is InChI=1S/C16H15F6N9O3/c1-30-13(26-28-29-30)7-3-9(16(20,21)22)24-8(11(7)12(23)32)4-33-5-10-25-14(31(2)27-10)34-6-15(17,18)19/h3H,4-6H2,1-2H3,(H2,23,32). The van der Waals surface area contributed by atoms with E-state index < -0.39 is 61.0 Å². The van der Waals surface area contributed by atoms with Crippen LogP contribution < -0.4 is 10.5 Å². The Balaban J connectivity index is 1.87. The number of aryl methyl sites for hydroxylation is 2. The molecule has 3 aromatic rings. The molecule has 3 rings (SSSR count). The second kappa shape index (κ2) is 9.20. The fourth-order valence-corrected chi connectivity index (χ4v) is 2.75. The molecule has 0 radical (unpaired) electrons. The minimum absolute atomic E-state index is 0.134. The first-order valence-electron chi connectivity index (χ1n) is 9.07. The van der Waals surface area contributed by atoms with Gasteiger partial charge in [0.2, 0.25) is 0 Å². The molecule has 18 heteroatoms. The van der Waals surface area contributed by atoms with Gasteiger partial charge in [0.25, 0.3) is 5.91 Å². The molecule has 0 atom stereocenters. The minimum Gasteiger partial charge on any atom is -0.454 e. The van der Waals surface area contributed by atoms with Crippen molar-refractivity contribution in [2.45, 2.75) is 25.6 Å². The highest BCUT2D eigenvalue weighted by Crippen LogP contribution is 2.33. The second-order valence-electron chi connectivity index (χ2n) is 6.70. The Kier molecular flexibility index (Phi) is 6.71. The number of carbonyl (C=O) groups is 1. The van der Waals surface area contributed by atoms with E-state index in [-0.39, 0.29) is 17.2 Å². The topological polar surface area (TPSA) is 149 Å². The van der Waals surface area contributed by atoms with Crippen molar-refractivity contribution in [3.8, 4) is 17.4 Å². The highest BCUT2D eigenvalue weighted by molar-refractivity contribution is 6.00. The Labute approximate surface area is 185 Å². The van der Waals surface area contributed by atoms with E-state index >= 15 is 0 Å². The zero-order chi connectivity index (χ0) is 25.3. The smallest absolute Gasteiger partial charge is 0.433 e. The molecular formula is C16H15F6N9O3. The fourth-order valence-electron chi connectivity index (χ4n) is 2.75. The van der Waals surface area contributed by atoms with Gasteiger partial charge < -0.3 is 15.2 Å². The first-order chi connectivity index (χ1) is 15.8. The lowest BCUT2D eigenvalue weighted by molar-refractivity contribution is -0.155. The van der Waals surface area contributed by atoms with Gasteiger partial charge in [0.15, 0.2) is 18.3 Å². The van der Waals surface area contributed by atoms with Crippen LogP contribution in [0.3, 0.4) is 0 Å². The van der Waals surface area contributed by atoms with Crippen molar-refractivity contribution in [1.82, 2.24) is 40.0 Å². The van der Waals surface area contributed by atoms with Gasteiger partial charge in [0, 0.05) is 19.7 Å². The van der Waals surface area contributed by atoms with E-state index in [1.165, 1.54) is 14.1 Å². The summed E-state index contributed by atoms with van der Waals surface area (Å²) >= 11 is 0. The number of nitrogens with zero attached hydrogens (tertiary/aromatic N) is 8. The molecule has 0 aromatic carbocycles. The third kappa shape index (κ3) is 5.74. The zero-order valence-corrected chi connectivity index (χ0v) is 17.3. The molecule has 12 nitrogen and oxygen atoms in total. The third-order valence-electron chi connectivity index (χ3n) is 4.09. The van der Waals surface area contributed by atoms with Crippen LogP contribution in [0, 0.1) is 0 Å². The highest BCUT2D eigenvalue weighted by atomic mass is 19.4. The Morgan fingerprint density at radius 3 is 2.35 bits per heavy atom. The van der Waals surface area contributed by atoms with Crippen molar-refractivity contribution >= 4 is 5.91 Å². The van der Waals surface area contributed by atoms with Crippen molar-refractivity contribution in [1.29, 1.82) is 0 Å². The number of hydrogen-bond donors (Lipinski definition) is 1. The summed E-state index contributed by atoms with van der Waals surface area (Å²) in [6.07, 6.45) is -9.49. The third-order valence-corrected chi connectivity index (χ3v) is 4.09. The lowest BCUT2D eigenvalue weighted by Gasteiger charge is -2.15. The number of carbonyl (C=O) groups excluding carboxylic acids is 1. The summed E-state index contributed by atoms with van der Waals surface area (Å²) in [7, 11) is 2.61. The fraction of sp³-hybridized carbons (Fsp3) is 0.438. The minimum atomic E-state index is -4.89. The number of halogens is 6. The number of rotatable bonds is 8. The van der Waals surface area contributed by atoms with Gasteiger partial charge in [-0.2, -0.15) is 36.4 Å². The van der Waals surface area contributed by atoms with Gasteiger partial charge in [0.1, 0.15) is 12.3 Å². The Hall–Kier alpha value is -3.83. The maximum absolute atomic E-state index is 13.4. The van der Waals surface area contributed by atoms with Gasteiger partial charge in [-0.3, -0.25) is 4.79 Å². The number of amides is 1. The number of ether oxygens (including phenoxy) is 2. The maximum atomic E-state index is 13.4. The summed E-state index contributed by atoms with van der Waals surface area (Å²) in [5.74, 6) is -1.43. The van der Waals surface area contributed by atoms with Crippen LogP contribution in [0.15, 0.2) is 6.07 Å². The average molecular weight is 495 g/mol. The van der Waals surface area contributed by atoms with E-state index in [2.05, 4.69) is 35.3 Å². The first kappa shape index (κ1) is 24.8. The number of aromatic nitrogens is 8. The van der Waals surface area contributed by atoms with Gasteiger partial charge in [-0.15, -0.1) is 5.10 Å². The molecule has 0 aliphatic heterocycles. The predicted molar refractivity (Wildman–Crippen MR) is 96.6 cm³/mol. The van der Waals surface area contributed by atoms with E-state index in [1.54, 1.807) is 0 Å². The summed E-state index contributed by atoms with van der Waals surface area (Å²) in [6.45, 7) is -2.71. The highest BCUT2D eigenvalue weighted by Gasteiger charge is 2.36. The van der Waals surface area contributed by atoms with Crippen LogP contribution in [0.25, 0.3) is 11.4 Å². The first-order valence-corrected chi connectivity index (χ1v) is 9.07. The van der Waals surface area contributed by atoms with Crippen LogP contribution in [0.2, 0.25) is 0 Å². The van der Waals surface area contributed by atoms with Crippen molar-refractivity contribution in [3.63, 3.8) is 0 Å². The molecule has 1 amide bonds. The Bertz CT molecular complexity index is 1190. The number of pyridine rings is 1. The molecule has 2 N–H and O–H groups in total. The maximum Gasteiger partial charge on any atom is 0.433 e. The molecule has 0 aliphatic carbocycles. The SMILES string of the molecule is Cn1nc(COCc2nc(C(F)(F)F)cc(-c3nnnn3C)c2C(N)=O)nc1OCC(F)(F)F. The monoisotopic (exact) mass is 495 g/mol. The van der Waals surface area contributed by atoms with Crippen molar-refractivity contribution in [3.05, 3.63) is 28.8 Å². The van der Waals surface area contributed by atoms with Crippen LogP contribution in [-0.2, 0) is 38.2 Å². The number of hydrogen-bond acceptors (Lipinski definition) is 9. The van der Waals surface area contributed by atoms with Gasteiger partial charge in [0.05, 0.1) is 17.9 Å². The molecule has 0 fully saturated rings. The summed E-state index contributed by atoms with van der Waals surface area (Å²) in [5.41, 5.74) is 2.83. The Morgan fingerprint density at radius 1 is 1.09 bits per heavy atom. The summed E-state index contributed by atoms with van der Waals surface area (Å²) < 4.78 is 88.9. The molecule has 0 bridgehead atoms. The second-order valence-corrected chi connectivity index (χ2v) is 6.70. The number of alkyl halides is 6. The number of nitrogens with two attached hydrogens (primary N) is 1. The molecule has 0 saturated carbocycles. The number of primary amides is 1. The molecule has 3 aromatic heterocycles. The van der Waals surface area contributed by atoms with Crippen molar-refractivity contribution in [2.24, 2.45) is 19.8 Å². The molecule has 34 heavy (non-hydrogen) atoms. The molecular weight excluding hydrogens is 480 g/mol. The van der Waals surface area contributed by atoms with E-state index in [0.717, 1.165) is 9.36 Å². The largest absolute Gasteiger partial charge is 0.454 e. The van der Waals surface area contributed by atoms with Crippen LogP contribution in [0.1, 0.15) is 27.6 Å². The van der Waals surface area contributed by atoms with E-state index in [0.29, 0.717) is 6.07 Å². The molecule has 0 unspecified atom stereocenters. The van der Waals surface area contributed by atoms with E-state index in [1.807, 2.05) is 0 Å². The molecule has 0 aliphatic rings. The molecule has 184 valence electrons. The van der Waals surface area contributed by atoms with E-state index in [9.17, 15) is 31.1 Å². The molecule has 0 spiro atoms. The summed E-state index contributed by atoms with van der Waals surface area (Å²) in [6, 6.07) is 0.128. The van der Waals surface area contributed by atoms with Crippen LogP contribution in [0.4, 0.5) is 26.3 Å². The van der Waals surface area contributed by atoms with Crippen LogP contribution in [0.5, 0.6) is 6.01 Å². The summed E-state index contributed by atoms with van der Waals surface area (Å²) in [5, 5.41) is 14.3. The van der Waals surface area contributed by atoms with Crippen molar-refractivity contribution in [2.75, 3.05) is 6.61 Å². The van der Waals surface area contributed by atoms with Crippen LogP contribution >= 0.6 is 0 Å². The van der Waals surface area contributed by atoms with Gasteiger partial charge in [-0.05, 0) is 16.5 Å². The van der Waals surface area contributed by atoms with E-state index in [4.69, 9.17) is 10.5 Å². The van der Waals surface area contributed by atoms with Gasteiger partial charge >= 0.3 is 18.4 Å². The average Bonchev–Trinajstić information content (AvgIpc) is 3.29. The lowest BCUT2D eigenvalue weighted by atomic mass is 10.0. The van der Waals surface area contributed by atoms with Gasteiger partial charge in [-0.1, -0.05) is 0 Å². The number of tetrazole rings is 1. The normalized spacial score (nSPS) is 12.2. The quantitative estimate of drug-likeness (QED) is 0.455. The molecule has 3 heterocycles. The predicted octanol–water partition coefficient (Wildman–Crippen LogP) is 1.18.